The minimum atomic E-state index is -3.70. The summed E-state index contributed by atoms with van der Waals surface area (Å²) in [5.74, 6) is 0.0499. The van der Waals surface area contributed by atoms with Gasteiger partial charge in [-0.25, -0.2) is 8.42 Å². The first-order valence-corrected chi connectivity index (χ1v) is 11.9. The molecular formula is C23H35NO4S. The Labute approximate surface area is 175 Å². The fourth-order valence-electron chi connectivity index (χ4n) is 4.17. The van der Waals surface area contributed by atoms with Crippen molar-refractivity contribution >= 4 is 15.7 Å². The molecule has 2 rings (SSSR count). The van der Waals surface area contributed by atoms with Gasteiger partial charge in [-0.15, -0.1) is 0 Å². The standard InChI is InChI=1S/C23H35NO4S/c1-16(2)22(26)21(29(27,28)20-9-7-6-8-10-20)15-17(3)19-11-13-23(5,14-12-19)24-18(4)25/h6-10,15-16,19,21-22,26H,11-14H2,1-5H3,(H,24,25)/b17-15+. The van der Waals surface area contributed by atoms with Gasteiger partial charge in [-0.3, -0.25) is 4.79 Å². The molecule has 0 aliphatic heterocycles. The summed E-state index contributed by atoms with van der Waals surface area (Å²) in [6, 6.07) is 8.34. The molecule has 1 amide bonds. The fraction of sp³-hybridized carbons (Fsp3) is 0.609. The molecule has 5 nitrogen and oxygen atoms in total. The number of allylic oxidation sites excluding steroid dienone is 1. The lowest BCUT2D eigenvalue weighted by Gasteiger charge is -2.38. The molecule has 0 bridgehead atoms. The van der Waals surface area contributed by atoms with Gasteiger partial charge in [0.15, 0.2) is 9.84 Å². The molecule has 0 spiro atoms. The van der Waals surface area contributed by atoms with Crippen LogP contribution in [0.3, 0.4) is 0 Å². The van der Waals surface area contributed by atoms with Crippen molar-refractivity contribution in [2.75, 3.05) is 0 Å². The summed E-state index contributed by atoms with van der Waals surface area (Å²) in [5.41, 5.74) is 0.800. The van der Waals surface area contributed by atoms with E-state index in [9.17, 15) is 18.3 Å². The Morgan fingerprint density at radius 2 is 1.72 bits per heavy atom. The number of sulfone groups is 1. The summed E-state index contributed by atoms with van der Waals surface area (Å²) in [5, 5.41) is 12.8. The summed E-state index contributed by atoms with van der Waals surface area (Å²) in [6.45, 7) is 9.23. The molecule has 1 aromatic carbocycles. The summed E-state index contributed by atoms with van der Waals surface area (Å²) in [6.07, 6.45) is 4.25. The Bertz CT molecular complexity index is 822. The van der Waals surface area contributed by atoms with Crippen LogP contribution in [0.1, 0.15) is 60.3 Å². The van der Waals surface area contributed by atoms with Gasteiger partial charge >= 0.3 is 0 Å². The fourth-order valence-corrected chi connectivity index (χ4v) is 6.10. The van der Waals surface area contributed by atoms with E-state index in [2.05, 4.69) is 12.2 Å². The van der Waals surface area contributed by atoms with Gasteiger partial charge in [0.25, 0.3) is 0 Å². The minimum Gasteiger partial charge on any atom is -0.391 e. The van der Waals surface area contributed by atoms with E-state index in [-0.39, 0.29) is 28.2 Å². The van der Waals surface area contributed by atoms with Crippen LogP contribution < -0.4 is 5.32 Å². The molecule has 1 fully saturated rings. The third-order valence-corrected chi connectivity index (χ3v) is 8.15. The average Bonchev–Trinajstić information content (AvgIpc) is 2.65. The predicted molar refractivity (Wildman–Crippen MR) is 116 cm³/mol. The molecule has 1 aromatic rings. The van der Waals surface area contributed by atoms with Crippen molar-refractivity contribution in [3.63, 3.8) is 0 Å². The highest BCUT2D eigenvalue weighted by Gasteiger charge is 2.36. The lowest BCUT2D eigenvalue weighted by Crippen LogP contribution is -2.47. The third-order valence-electron chi connectivity index (χ3n) is 6.09. The van der Waals surface area contributed by atoms with Crippen LogP contribution in [0.5, 0.6) is 0 Å². The van der Waals surface area contributed by atoms with Crippen LogP contribution in [0.4, 0.5) is 0 Å². The zero-order valence-electron chi connectivity index (χ0n) is 18.2. The lowest BCUT2D eigenvalue weighted by atomic mass is 9.75. The maximum absolute atomic E-state index is 13.3. The topological polar surface area (TPSA) is 83.5 Å². The molecule has 1 saturated carbocycles. The normalized spacial score (nSPS) is 25.5. The summed E-state index contributed by atoms with van der Waals surface area (Å²) >= 11 is 0. The van der Waals surface area contributed by atoms with Crippen molar-refractivity contribution in [3.8, 4) is 0 Å². The highest BCUT2D eigenvalue weighted by molar-refractivity contribution is 7.92. The van der Waals surface area contributed by atoms with Gasteiger partial charge in [-0.1, -0.05) is 43.7 Å². The van der Waals surface area contributed by atoms with Crippen LogP contribution in [-0.2, 0) is 14.6 Å². The predicted octanol–water partition coefficient (Wildman–Crippen LogP) is 3.88. The van der Waals surface area contributed by atoms with Crippen molar-refractivity contribution in [2.24, 2.45) is 11.8 Å². The molecule has 0 saturated heterocycles. The Morgan fingerprint density at radius 1 is 1.17 bits per heavy atom. The molecule has 0 heterocycles. The van der Waals surface area contributed by atoms with Crippen molar-refractivity contribution in [3.05, 3.63) is 42.0 Å². The maximum atomic E-state index is 13.3. The number of amides is 1. The van der Waals surface area contributed by atoms with Gasteiger partial charge in [0.2, 0.25) is 5.91 Å². The molecular weight excluding hydrogens is 386 g/mol. The zero-order chi connectivity index (χ0) is 21.8. The molecule has 0 radical (unpaired) electrons. The number of carbonyl (C=O) groups excluding carboxylic acids is 1. The van der Waals surface area contributed by atoms with E-state index in [1.807, 2.05) is 20.8 Å². The van der Waals surface area contributed by atoms with Crippen molar-refractivity contribution < 1.29 is 18.3 Å². The average molecular weight is 422 g/mol. The summed E-state index contributed by atoms with van der Waals surface area (Å²) in [7, 11) is -3.70. The molecule has 2 atom stereocenters. The largest absolute Gasteiger partial charge is 0.391 e. The molecule has 2 unspecified atom stereocenters. The van der Waals surface area contributed by atoms with Gasteiger partial charge in [0.1, 0.15) is 5.25 Å². The first-order chi connectivity index (χ1) is 13.5. The number of benzene rings is 1. The van der Waals surface area contributed by atoms with Crippen LogP contribution >= 0.6 is 0 Å². The number of hydrogen-bond acceptors (Lipinski definition) is 4. The van der Waals surface area contributed by atoms with E-state index < -0.39 is 21.2 Å². The number of carbonyl (C=O) groups is 1. The lowest BCUT2D eigenvalue weighted by molar-refractivity contribution is -0.121. The second kappa shape index (κ2) is 9.43. The highest BCUT2D eigenvalue weighted by Crippen LogP contribution is 2.36. The summed E-state index contributed by atoms with van der Waals surface area (Å²) < 4.78 is 26.5. The molecule has 2 N–H and O–H groups in total. The summed E-state index contributed by atoms with van der Waals surface area (Å²) in [4.78, 5) is 11.7. The maximum Gasteiger partial charge on any atom is 0.217 e. The molecule has 1 aliphatic carbocycles. The van der Waals surface area contributed by atoms with Gasteiger partial charge < -0.3 is 10.4 Å². The smallest absolute Gasteiger partial charge is 0.217 e. The van der Waals surface area contributed by atoms with E-state index in [1.54, 1.807) is 36.4 Å². The van der Waals surface area contributed by atoms with E-state index in [0.717, 1.165) is 31.3 Å². The highest BCUT2D eigenvalue weighted by atomic mass is 32.2. The third kappa shape index (κ3) is 5.92. The van der Waals surface area contributed by atoms with Crippen molar-refractivity contribution in [1.82, 2.24) is 5.32 Å². The van der Waals surface area contributed by atoms with Crippen LogP contribution in [0, 0.1) is 11.8 Å². The van der Waals surface area contributed by atoms with Crippen LogP contribution in [0.25, 0.3) is 0 Å². The van der Waals surface area contributed by atoms with Crippen LogP contribution in [-0.4, -0.2) is 36.3 Å². The monoisotopic (exact) mass is 421 g/mol. The van der Waals surface area contributed by atoms with Crippen LogP contribution in [0.15, 0.2) is 46.9 Å². The molecule has 1 aliphatic rings. The number of hydrogen-bond donors (Lipinski definition) is 2. The SMILES string of the molecule is CC(=O)NC1(C)CCC(/C(C)=C/C(C(O)C(C)C)S(=O)(=O)c2ccccc2)CC1. The van der Waals surface area contributed by atoms with E-state index in [0.29, 0.717) is 0 Å². The quantitative estimate of drug-likeness (QED) is 0.655. The Kier molecular flexibility index (Phi) is 7.68. The number of rotatable bonds is 7. The number of aliphatic hydroxyl groups is 1. The molecule has 6 heteroatoms. The Morgan fingerprint density at radius 3 is 2.21 bits per heavy atom. The number of aliphatic hydroxyl groups excluding tert-OH is 1. The first-order valence-electron chi connectivity index (χ1n) is 10.4. The van der Waals surface area contributed by atoms with Gasteiger partial charge in [-0.2, -0.15) is 0 Å². The second-order valence-corrected chi connectivity index (χ2v) is 11.1. The van der Waals surface area contributed by atoms with E-state index >= 15 is 0 Å². The van der Waals surface area contributed by atoms with Crippen molar-refractivity contribution in [2.45, 2.75) is 82.1 Å². The van der Waals surface area contributed by atoms with Gasteiger partial charge in [0.05, 0.1) is 11.0 Å². The molecule has 0 aromatic heterocycles. The van der Waals surface area contributed by atoms with Crippen LogP contribution in [0.2, 0.25) is 0 Å². The molecule has 29 heavy (non-hydrogen) atoms. The van der Waals surface area contributed by atoms with Gasteiger partial charge in [0, 0.05) is 12.5 Å². The Balaban J connectivity index is 2.27. The number of nitrogens with one attached hydrogen (secondary N) is 1. The van der Waals surface area contributed by atoms with Gasteiger partial charge in [-0.05, 0) is 63.5 Å². The Hall–Kier alpha value is -1.66. The zero-order valence-corrected chi connectivity index (χ0v) is 19.0. The van der Waals surface area contributed by atoms with E-state index in [4.69, 9.17) is 0 Å². The first kappa shape index (κ1) is 23.6. The molecule has 162 valence electrons. The minimum absolute atomic E-state index is 0.0210. The second-order valence-electron chi connectivity index (χ2n) is 8.98. The van der Waals surface area contributed by atoms with E-state index in [1.165, 1.54) is 6.92 Å². The van der Waals surface area contributed by atoms with Crippen molar-refractivity contribution in [1.29, 1.82) is 0 Å².